The van der Waals surface area contributed by atoms with E-state index in [0.717, 1.165) is 0 Å². The third kappa shape index (κ3) is 5.86. The van der Waals surface area contributed by atoms with E-state index in [4.69, 9.17) is 0 Å². The molecule has 0 aromatic carbocycles. The van der Waals surface area contributed by atoms with Crippen LogP contribution >= 0.6 is 22.6 Å². The second-order valence-corrected chi connectivity index (χ2v) is 11.0. The highest BCUT2D eigenvalue weighted by Gasteiger charge is 2.13. The van der Waals surface area contributed by atoms with Crippen LogP contribution in [0.3, 0.4) is 0 Å². The maximum Gasteiger partial charge on any atom is 0.146 e. The number of rotatable bonds is 5. The molecule has 2 unspecified atom stereocenters. The molecule has 0 amide bonds. The van der Waals surface area contributed by atoms with Gasteiger partial charge in [-0.25, -0.2) is 0 Å². The third-order valence-corrected chi connectivity index (χ3v) is 9.86. The first-order valence-corrected chi connectivity index (χ1v) is 9.64. The Labute approximate surface area is 73.6 Å². The molecule has 3 heteroatoms. The smallest absolute Gasteiger partial charge is 0.0971 e. The molecule has 0 aliphatic rings. The van der Waals surface area contributed by atoms with Crippen molar-refractivity contribution in [3.63, 3.8) is 0 Å². The molecule has 0 aliphatic carbocycles. The Morgan fingerprint density at radius 3 is 2.45 bits per heavy atom. The van der Waals surface area contributed by atoms with Crippen molar-refractivity contribution in [3.8, 4) is 0 Å². The first-order valence-electron chi connectivity index (χ1n) is 3.68. The summed E-state index contributed by atoms with van der Waals surface area (Å²) in [6, 6.07) is 0. The highest BCUT2D eigenvalue weighted by atomic mass is 31.2. The van der Waals surface area contributed by atoms with Crippen LogP contribution in [-0.2, 0) is 0 Å². The van der Waals surface area contributed by atoms with Gasteiger partial charge in [-0.05, 0) is 12.8 Å². The molecule has 0 fully saturated rings. The van der Waals surface area contributed by atoms with E-state index in [1.54, 1.807) is 0 Å². The third-order valence-electron chi connectivity index (χ3n) is 1.60. The predicted octanol–water partition coefficient (Wildman–Crippen LogP) is 3.29. The molecule has 0 aromatic heterocycles. The van der Waals surface area contributed by atoms with Crippen molar-refractivity contribution in [2.24, 2.45) is 0 Å². The van der Waals surface area contributed by atoms with Crippen LogP contribution in [0.2, 0.25) is 0 Å². The van der Waals surface area contributed by atoms with Gasteiger partial charge in [0.05, 0.1) is 13.8 Å². The minimum Gasteiger partial charge on any atom is -0.0971 e. The van der Waals surface area contributed by atoms with Crippen molar-refractivity contribution in [3.05, 3.63) is 0 Å². The summed E-state index contributed by atoms with van der Waals surface area (Å²) in [6.45, 7) is 3.74. The van der Waals surface area contributed by atoms with Crippen LogP contribution in [-0.4, -0.2) is 43.5 Å². The maximum atomic E-state index is 4.27. The maximum absolute atomic E-state index is 4.27. The van der Waals surface area contributed by atoms with E-state index in [-0.39, 0.29) is 7.55 Å². The fourth-order valence-electron chi connectivity index (χ4n) is 0.769. The van der Waals surface area contributed by atoms with E-state index >= 15 is 0 Å². The summed E-state index contributed by atoms with van der Waals surface area (Å²) in [5, 5.41) is 0. The van der Waals surface area contributed by atoms with Crippen molar-refractivity contribution in [1.29, 1.82) is 0 Å². The summed E-state index contributed by atoms with van der Waals surface area (Å²) in [4.78, 5) is 0. The molecule has 0 spiro atoms. The molecule has 0 saturated carbocycles. The van der Waals surface area contributed by atoms with Crippen LogP contribution < -0.4 is 0 Å². The molecule has 0 saturated heterocycles. The molecule has 0 N–H and O–H groups in total. The first kappa shape index (κ1) is 11.6. The Morgan fingerprint density at radius 2 is 2.09 bits per heavy atom. The van der Waals surface area contributed by atoms with Crippen molar-refractivity contribution in [2.75, 3.05) is 24.6 Å². The van der Waals surface area contributed by atoms with Gasteiger partial charge < -0.3 is 0 Å². The molecule has 0 aliphatic heterocycles. The standard InChI is InChI=1S/C8H18P3/c1-6-11(4,5)8-10(3)7-9-2/h2-4,6-8H2,1,5H3/q+1. The van der Waals surface area contributed by atoms with E-state index in [2.05, 4.69) is 32.5 Å². The van der Waals surface area contributed by atoms with Gasteiger partial charge in [-0.1, -0.05) is 34.6 Å². The summed E-state index contributed by atoms with van der Waals surface area (Å²) in [7, 11) is 1.24. The lowest BCUT2D eigenvalue weighted by molar-refractivity contribution is 1.49. The van der Waals surface area contributed by atoms with E-state index in [0.29, 0.717) is 0 Å². The summed E-state index contributed by atoms with van der Waals surface area (Å²) >= 11 is 0. The van der Waals surface area contributed by atoms with Gasteiger partial charge in [0.15, 0.2) is 0 Å². The zero-order chi connectivity index (χ0) is 8.91. The predicted molar refractivity (Wildman–Crippen MR) is 68.3 cm³/mol. The quantitative estimate of drug-likeness (QED) is 0.607. The van der Waals surface area contributed by atoms with Gasteiger partial charge in [0.2, 0.25) is 0 Å². The van der Waals surface area contributed by atoms with Gasteiger partial charge in [0.1, 0.15) is 11.8 Å². The van der Waals surface area contributed by atoms with Gasteiger partial charge in [0.25, 0.3) is 0 Å². The Kier molecular flexibility index (Phi) is 5.62. The fourth-order valence-corrected chi connectivity index (χ4v) is 7.73. The van der Waals surface area contributed by atoms with E-state index in [9.17, 15) is 0 Å². The van der Waals surface area contributed by atoms with Gasteiger partial charge in [-0.3, -0.25) is 0 Å². The van der Waals surface area contributed by atoms with Crippen molar-refractivity contribution >= 4 is 41.5 Å². The Hall–Kier alpha value is 0.640. The minimum atomic E-state index is -0.825. The highest BCUT2D eigenvalue weighted by molar-refractivity contribution is 7.84. The number of hydrogen-bond acceptors (Lipinski definition) is 0. The number of hydrogen-bond donors (Lipinski definition) is 0. The van der Waals surface area contributed by atoms with Crippen molar-refractivity contribution in [2.45, 2.75) is 6.92 Å². The molecule has 11 heavy (non-hydrogen) atoms. The second-order valence-electron chi connectivity index (χ2n) is 3.11. The minimum absolute atomic E-state index is 0.0125. The van der Waals surface area contributed by atoms with Gasteiger partial charge in [-0.15, -0.1) is 0 Å². The molecule has 2 atom stereocenters. The average Bonchev–Trinajstić information content (AvgIpc) is 1.87. The zero-order valence-corrected chi connectivity index (χ0v) is 10.3. The molecule has 0 bridgehead atoms. The van der Waals surface area contributed by atoms with E-state index in [1.165, 1.54) is 26.2 Å². The van der Waals surface area contributed by atoms with Crippen LogP contribution in [0.25, 0.3) is 0 Å². The van der Waals surface area contributed by atoms with E-state index in [1.807, 2.05) is 0 Å². The molecule has 64 valence electrons. The van der Waals surface area contributed by atoms with Gasteiger partial charge in [-0.2, -0.15) is 0 Å². The largest absolute Gasteiger partial charge is 0.146 e. The van der Waals surface area contributed by atoms with Crippen LogP contribution in [0, 0.1) is 0 Å². The highest BCUT2D eigenvalue weighted by Crippen LogP contribution is 2.48. The molecule has 0 rings (SSSR count). The molecule has 0 radical (unpaired) electrons. The fraction of sp³-hybridized carbons (Fsp3) is 0.625. The van der Waals surface area contributed by atoms with Gasteiger partial charge in [0, 0.05) is 0 Å². The first-order chi connectivity index (χ1) is 5.02. The molecule has 0 nitrogen and oxygen atoms in total. The normalized spacial score (nSPS) is 17.8. The summed E-state index contributed by atoms with van der Waals surface area (Å²) in [5.74, 6) is 2.49. The van der Waals surface area contributed by atoms with E-state index < -0.39 is 6.89 Å². The molecule has 0 aromatic rings. The Bertz CT molecular complexity index is 194. The summed E-state index contributed by atoms with van der Waals surface area (Å²) in [5.41, 5.74) is 0. The summed E-state index contributed by atoms with van der Waals surface area (Å²) in [6.07, 6.45) is 13.5. The molecule has 0 heterocycles. The average molecular weight is 207 g/mol. The van der Waals surface area contributed by atoms with Crippen LogP contribution in [0.1, 0.15) is 6.92 Å². The zero-order valence-electron chi connectivity index (χ0n) is 7.58. The topological polar surface area (TPSA) is 0 Å². The lowest BCUT2D eigenvalue weighted by atomic mass is 11.0. The molecular formula is C8H18P3+. The summed E-state index contributed by atoms with van der Waals surface area (Å²) < 4.78 is 0. The van der Waals surface area contributed by atoms with Crippen molar-refractivity contribution < 1.29 is 0 Å². The van der Waals surface area contributed by atoms with Crippen molar-refractivity contribution in [1.82, 2.24) is 0 Å². The Balaban J connectivity index is 3.93. The van der Waals surface area contributed by atoms with Gasteiger partial charge >= 0.3 is 0 Å². The lowest BCUT2D eigenvalue weighted by Crippen LogP contribution is -1.87. The van der Waals surface area contributed by atoms with Crippen LogP contribution in [0.15, 0.2) is 0 Å². The van der Waals surface area contributed by atoms with Crippen LogP contribution in [0.4, 0.5) is 0 Å². The monoisotopic (exact) mass is 207 g/mol. The lowest BCUT2D eigenvalue weighted by Gasteiger charge is -2.10. The SMILES string of the molecule is C=PC[P+](=C)CP(=C)(C)CC. The second kappa shape index (κ2) is 5.31. The molecular weight excluding hydrogens is 189 g/mol. The Morgan fingerprint density at radius 1 is 1.55 bits per heavy atom. The van der Waals surface area contributed by atoms with Crippen LogP contribution in [0.5, 0.6) is 0 Å².